The van der Waals surface area contributed by atoms with Crippen molar-refractivity contribution in [3.05, 3.63) is 68.4 Å². The van der Waals surface area contributed by atoms with Gasteiger partial charge in [-0.05, 0) is 29.8 Å². The fourth-order valence-electron chi connectivity index (χ4n) is 1.67. The second-order valence-electron chi connectivity index (χ2n) is 3.94. The first kappa shape index (κ1) is 14.3. The van der Waals surface area contributed by atoms with Gasteiger partial charge in [0.05, 0.1) is 15.1 Å². The van der Waals surface area contributed by atoms with E-state index in [1.165, 1.54) is 12.1 Å². The normalized spacial score (nSPS) is 10.5. The maximum atomic E-state index is 12.9. The fourth-order valence-corrected chi connectivity index (χ4v) is 2.33. The monoisotopic (exact) mass is 316 g/mol. The van der Waals surface area contributed by atoms with Gasteiger partial charge in [-0.3, -0.25) is 4.79 Å². The number of carbonyl (C=O) groups excluding carboxylic acids is 1. The molecular formula is C14H8Cl3FO. The zero-order valence-electron chi connectivity index (χ0n) is 9.59. The molecule has 0 atom stereocenters. The Morgan fingerprint density at radius 3 is 2.47 bits per heavy atom. The van der Waals surface area contributed by atoms with Crippen molar-refractivity contribution in [1.29, 1.82) is 0 Å². The van der Waals surface area contributed by atoms with Gasteiger partial charge in [-0.1, -0.05) is 46.9 Å². The summed E-state index contributed by atoms with van der Waals surface area (Å²) in [6.07, 6.45) is 0.0603. The second kappa shape index (κ2) is 5.91. The molecule has 98 valence electrons. The van der Waals surface area contributed by atoms with Crippen LogP contribution >= 0.6 is 34.8 Å². The Labute approximate surface area is 124 Å². The number of rotatable bonds is 3. The van der Waals surface area contributed by atoms with Crippen molar-refractivity contribution in [2.45, 2.75) is 6.42 Å². The van der Waals surface area contributed by atoms with E-state index in [-0.39, 0.29) is 22.8 Å². The van der Waals surface area contributed by atoms with Gasteiger partial charge in [-0.15, -0.1) is 0 Å². The van der Waals surface area contributed by atoms with E-state index >= 15 is 0 Å². The third-order valence-electron chi connectivity index (χ3n) is 2.61. The number of hydrogen-bond acceptors (Lipinski definition) is 1. The van der Waals surface area contributed by atoms with Crippen molar-refractivity contribution < 1.29 is 9.18 Å². The van der Waals surface area contributed by atoms with Crippen molar-refractivity contribution in [1.82, 2.24) is 0 Å². The minimum absolute atomic E-state index is 0.0603. The van der Waals surface area contributed by atoms with Crippen LogP contribution in [-0.2, 0) is 6.42 Å². The Balaban J connectivity index is 2.28. The van der Waals surface area contributed by atoms with Gasteiger partial charge in [-0.2, -0.15) is 0 Å². The van der Waals surface area contributed by atoms with E-state index in [0.717, 1.165) is 6.07 Å². The van der Waals surface area contributed by atoms with Gasteiger partial charge in [0.2, 0.25) is 0 Å². The minimum Gasteiger partial charge on any atom is -0.294 e. The number of benzene rings is 2. The Bertz CT molecular complexity index is 641. The molecule has 2 aromatic rings. The van der Waals surface area contributed by atoms with E-state index in [9.17, 15) is 9.18 Å². The van der Waals surface area contributed by atoms with E-state index in [0.29, 0.717) is 15.6 Å². The van der Waals surface area contributed by atoms with Gasteiger partial charge in [0.15, 0.2) is 5.78 Å². The Morgan fingerprint density at radius 2 is 1.79 bits per heavy atom. The number of ketones is 1. The maximum absolute atomic E-state index is 12.9. The molecule has 0 saturated carbocycles. The molecule has 1 nitrogen and oxygen atoms in total. The Hall–Kier alpha value is -1.09. The molecule has 0 amide bonds. The fraction of sp³-hybridized carbons (Fsp3) is 0.0714. The molecule has 2 rings (SSSR count). The molecule has 5 heteroatoms. The lowest BCUT2D eigenvalue weighted by Crippen LogP contribution is -2.05. The lowest BCUT2D eigenvalue weighted by Gasteiger charge is -2.06. The number of Topliss-reactive ketones (excluding diaryl/α,β-unsaturated/α-hetero) is 1. The number of halogens is 4. The van der Waals surface area contributed by atoms with Crippen LogP contribution < -0.4 is 0 Å². The summed E-state index contributed by atoms with van der Waals surface area (Å²) in [5.74, 6) is -0.725. The third kappa shape index (κ3) is 3.27. The standard InChI is InChI=1S/C14H8Cl3FO/c15-11-3-1-2-8(14(11)17)6-13(19)10-5-4-9(18)7-12(10)16/h1-5,7H,6H2. The van der Waals surface area contributed by atoms with Crippen LogP contribution in [0.3, 0.4) is 0 Å². The minimum atomic E-state index is -0.484. The zero-order valence-corrected chi connectivity index (χ0v) is 11.9. The molecule has 0 aliphatic rings. The molecule has 0 aromatic heterocycles. The average Bonchev–Trinajstić information content (AvgIpc) is 2.34. The van der Waals surface area contributed by atoms with Crippen LogP contribution in [0.25, 0.3) is 0 Å². The van der Waals surface area contributed by atoms with Gasteiger partial charge >= 0.3 is 0 Å². The number of carbonyl (C=O) groups is 1. The molecule has 0 heterocycles. The van der Waals surface area contributed by atoms with Crippen molar-refractivity contribution in [3.8, 4) is 0 Å². The summed E-state index contributed by atoms with van der Waals surface area (Å²) in [6.45, 7) is 0. The van der Waals surface area contributed by atoms with E-state index in [1.54, 1.807) is 18.2 Å². The quantitative estimate of drug-likeness (QED) is 0.710. The largest absolute Gasteiger partial charge is 0.294 e. The molecular weight excluding hydrogens is 310 g/mol. The Morgan fingerprint density at radius 1 is 1.05 bits per heavy atom. The van der Waals surface area contributed by atoms with Crippen LogP contribution in [-0.4, -0.2) is 5.78 Å². The Kier molecular flexibility index (Phi) is 4.46. The summed E-state index contributed by atoms with van der Waals surface area (Å²) < 4.78 is 12.9. The molecule has 19 heavy (non-hydrogen) atoms. The molecule has 0 radical (unpaired) electrons. The van der Waals surface area contributed by atoms with Crippen LogP contribution in [0, 0.1) is 5.82 Å². The molecule has 0 aliphatic heterocycles. The molecule has 0 unspecified atom stereocenters. The summed E-state index contributed by atoms with van der Waals surface area (Å²) in [6, 6.07) is 8.72. The van der Waals surface area contributed by atoms with E-state index in [2.05, 4.69) is 0 Å². The average molecular weight is 318 g/mol. The molecule has 0 saturated heterocycles. The number of hydrogen-bond donors (Lipinski definition) is 0. The van der Waals surface area contributed by atoms with Crippen LogP contribution in [0.15, 0.2) is 36.4 Å². The van der Waals surface area contributed by atoms with Crippen LogP contribution in [0.1, 0.15) is 15.9 Å². The molecule has 2 aromatic carbocycles. The summed E-state index contributed by atoms with van der Waals surface area (Å²) in [5, 5.41) is 0.816. The zero-order chi connectivity index (χ0) is 14.0. The SMILES string of the molecule is O=C(Cc1cccc(Cl)c1Cl)c1ccc(F)cc1Cl. The first-order chi connectivity index (χ1) is 8.99. The van der Waals surface area contributed by atoms with Crippen LogP contribution in [0.2, 0.25) is 15.1 Å². The smallest absolute Gasteiger partial charge is 0.168 e. The second-order valence-corrected chi connectivity index (χ2v) is 5.13. The van der Waals surface area contributed by atoms with Gasteiger partial charge < -0.3 is 0 Å². The highest BCUT2D eigenvalue weighted by atomic mass is 35.5. The summed E-state index contributed by atoms with van der Waals surface area (Å²) in [5.41, 5.74) is 0.874. The lowest BCUT2D eigenvalue weighted by molar-refractivity contribution is 0.0993. The first-order valence-electron chi connectivity index (χ1n) is 5.40. The highest BCUT2D eigenvalue weighted by Gasteiger charge is 2.14. The van der Waals surface area contributed by atoms with Crippen LogP contribution in [0.5, 0.6) is 0 Å². The van der Waals surface area contributed by atoms with E-state index in [4.69, 9.17) is 34.8 Å². The maximum Gasteiger partial charge on any atom is 0.168 e. The van der Waals surface area contributed by atoms with Crippen molar-refractivity contribution in [3.63, 3.8) is 0 Å². The van der Waals surface area contributed by atoms with Crippen molar-refractivity contribution in [2.75, 3.05) is 0 Å². The van der Waals surface area contributed by atoms with Gasteiger partial charge in [0, 0.05) is 12.0 Å². The highest BCUT2D eigenvalue weighted by molar-refractivity contribution is 6.42. The molecule has 0 fully saturated rings. The van der Waals surface area contributed by atoms with E-state index in [1.807, 2.05) is 0 Å². The lowest BCUT2D eigenvalue weighted by atomic mass is 10.0. The first-order valence-corrected chi connectivity index (χ1v) is 6.53. The molecule has 0 N–H and O–H groups in total. The molecule has 0 bridgehead atoms. The summed E-state index contributed by atoms with van der Waals surface area (Å²) >= 11 is 17.7. The predicted molar refractivity (Wildman–Crippen MR) is 75.9 cm³/mol. The predicted octanol–water partition coefficient (Wildman–Crippen LogP) is 5.21. The van der Waals surface area contributed by atoms with Gasteiger partial charge in [0.1, 0.15) is 5.82 Å². The third-order valence-corrected chi connectivity index (χ3v) is 3.78. The molecule has 0 aliphatic carbocycles. The van der Waals surface area contributed by atoms with Gasteiger partial charge in [0.25, 0.3) is 0 Å². The molecule has 0 spiro atoms. The summed E-state index contributed by atoms with van der Waals surface area (Å²) in [7, 11) is 0. The van der Waals surface area contributed by atoms with E-state index < -0.39 is 5.82 Å². The topological polar surface area (TPSA) is 17.1 Å². The van der Waals surface area contributed by atoms with Crippen LogP contribution in [0.4, 0.5) is 4.39 Å². The summed E-state index contributed by atoms with van der Waals surface area (Å²) in [4.78, 5) is 12.1. The van der Waals surface area contributed by atoms with Crippen molar-refractivity contribution >= 4 is 40.6 Å². The van der Waals surface area contributed by atoms with Gasteiger partial charge in [-0.25, -0.2) is 4.39 Å². The van der Waals surface area contributed by atoms with Crippen molar-refractivity contribution in [2.24, 2.45) is 0 Å². The highest BCUT2D eigenvalue weighted by Crippen LogP contribution is 2.27.